The van der Waals surface area contributed by atoms with E-state index in [0.29, 0.717) is 12.2 Å². The predicted octanol–water partition coefficient (Wildman–Crippen LogP) is 3.06. The molecule has 0 saturated carbocycles. The van der Waals surface area contributed by atoms with E-state index in [0.717, 1.165) is 22.7 Å². The van der Waals surface area contributed by atoms with Crippen molar-refractivity contribution in [3.05, 3.63) is 66.1 Å². The summed E-state index contributed by atoms with van der Waals surface area (Å²) in [5, 5.41) is 12.7. The zero-order chi connectivity index (χ0) is 17.4. The number of phenolic OH excluding ortho intramolecular Hbond substituents is 1. The van der Waals surface area contributed by atoms with E-state index in [1.165, 1.54) is 0 Å². The first-order valence-corrected chi connectivity index (χ1v) is 7.96. The molecule has 0 spiro atoms. The van der Waals surface area contributed by atoms with Gasteiger partial charge in [0, 0.05) is 18.0 Å². The quantitative estimate of drug-likeness (QED) is 0.771. The summed E-state index contributed by atoms with van der Waals surface area (Å²) in [6.45, 7) is 0. The molecule has 1 aliphatic heterocycles. The van der Waals surface area contributed by atoms with Crippen molar-refractivity contribution in [2.24, 2.45) is 0 Å². The molecule has 25 heavy (non-hydrogen) atoms. The number of anilines is 1. The first-order chi connectivity index (χ1) is 12.2. The number of benzene rings is 2. The Balaban J connectivity index is 1.78. The summed E-state index contributed by atoms with van der Waals surface area (Å²) >= 11 is 0. The van der Waals surface area contributed by atoms with Crippen LogP contribution in [0.3, 0.4) is 0 Å². The summed E-state index contributed by atoms with van der Waals surface area (Å²) in [5.41, 5.74) is 2.54. The normalized spacial score (nSPS) is 16.2. The van der Waals surface area contributed by atoms with Crippen molar-refractivity contribution < 1.29 is 14.6 Å². The second-order valence-electron chi connectivity index (χ2n) is 5.95. The Hall–Kier alpha value is -3.28. The van der Waals surface area contributed by atoms with Crippen LogP contribution in [0.4, 0.5) is 5.82 Å². The van der Waals surface area contributed by atoms with E-state index in [2.05, 4.69) is 10.3 Å². The molecule has 0 fully saturated rings. The maximum Gasteiger partial charge on any atom is 0.226 e. The third-order valence-corrected chi connectivity index (χ3v) is 4.40. The predicted molar refractivity (Wildman–Crippen MR) is 93.3 cm³/mol. The van der Waals surface area contributed by atoms with Gasteiger partial charge in [-0.2, -0.15) is 0 Å². The number of aromatic hydroxyl groups is 1. The average molecular weight is 335 g/mol. The minimum absolute atomic E-state index is 0.0731. The zero-order valence-electron chi connectivity index (χ0n) is 13.6. The van der Waals surface area contributed by atoms with Gasteiger partial charge in [0.05, 0.1) is 12.8 Å². The van der Waals surface area contributed by atoms with Gasteiger partial charge in [0.2, 0.25) is 5.91 Å². The molecule has 0 radical (unpaired) electrons. The van der Waals surface area contributed by atoms with Crippen LogP contribution in [0, 0.1) is 0 Å². The number of carbonyl (C=O) groups excluding carboxylic acids is 1. The molecule has 1 amide bonds. The van der Waals surface area contributed by atoms with Crippen molar-refractivity contribution in [2.45, 2.75) is 12.3 Å². The SMILES string of the molecule is COc1ccc(-n2cnc3c2NC(=O)C[C@@H]3c2cccc(O)c2)cc1. The maximum atomic E-state index is 12.2. The molecule has 6 nitrogen and oxygen atoms in total. The van der Waals surface area contributed by atoms with E-state index >= 15 is 0 Å². The largest absolute Gasteiger partial charge is 0.508 e. The summed E-state index contributed by atoms with van der Waals surface area (Å²) in [6, 6.07) is 14.5. The first-order valence-electron chi connectivity index (χ1n) is 7.96. The van der Waals surface area contributed by atoms with Gasteiger partial charge in [-0.05, 0) is 42.0 Å². The van der Waals surface area contributed by atoms with Gasteiger partial charge in [-0.25, -0.2) is 4.98 Å². The molecule has 0 unspecified atom stereocenters. The smallest absolute Gasteiger partial charge is 0.226 e. The summed E-state index contributed by atoms with van der Waals surface area (Å²) < 4.78 is 7.03. The van der Waals surface area contributed by atoms with Crippen LogP contribution in [0.5, 0.6) is 11.5 Å². The standard InChI is InChI=1S/C19H17N3O3/c1-25-15-7-5-13(6-8-15)22-11-20-18-16(10-17(24)21-19(18)22)12-3-2-4-14(23)9-12/h2-9,11,16,23H,10H2,1H3,(H,21,24)/t16-/m1/s1. The van der Waals surface area contributed by atoms with Crippen LogP contribution in [0.1, 0.15) is 23.6 Å². The van der Waals surface area contributed by atoms with Gasteiger partial charge in [0.25, 0.3) is 0 Å². The fourth-order valence-electron chi connectivity index (χ4n) is 3.16. The minimum atomic E-state index is -0.185. The average Bonchev–Trinajstić information content (AvgIpc) is 3.04. The van der Waals surface area contributed by atoms with Gasteiger partial charge in [-0.3, -0.25) is 9.36 Å². The minimum Gasteiger partial charge on any atom is -0.508 e. The van der Waals surface area contributed by atoms with Crippen molar-refractivity contribution in [3.63, 3.8) is 0 Å². The number of ether oxygens (including phenoxy) is 1. The third-order valence-electron chi connectivity index (χ3n) is 4.40. The second kappa shape index (κ2) is 5.98. The van der Waals surface area contributed by atoms with Gasteiger partial charge in [-0.1, -0.05) is 12.1 Å². The Labute approximate surface area is 144 Å². The van der Waals surface area contributed by atoms with Crippen molar-refractivity contribution in [1.82, 2.24) is 9.55 Å². The van der Waals surface area contributed by atoms with Crippen LogP contribution in [-0.4, -0.2) is 27.7 Å². The summed E-state index contributed by atoms with van der Waals surface area (Å²) in [6.07, 6.45) is 2.00. The van der Waals surface area contributed by atoms with Crippen LogP contribution in [-0.2, 0) is 4.79 Å². The Bertz CT molecular complexity index is 931. The number of amides is 1. The fourth-order valence-corrected chi connectivity index (χ4v) is 3.16. The molecule has 3 aromatic rings. The van der Waals surface area contributed by atoms with E-state index in [-0.39, 0.29) is 17.6 Å². The Morgan fingerprint density at radius 2 is 2.04 bits per heavy atom. The van der Waals surface area contributed by atoms with Crippen LogP contribution < -0.4 is 10.1 Å². The highest BCUT2D eigenvalue weighted by atomic mass is 16.5. The molecule has 2 N–H and O–H groups in total. The summed E-state index contributed by atoms with van der Waals surface area (Å²) in [5.74, 6) is 1.35. The van der Waals surface area contributed by atoms with Crippen LogP contribution in [0.2, 0.25) is 0 Å². The highest BCUT2D eigenvalue weighted by Crippen LogP contribution is 2.38. The second-order valence-corrected chi connectivity index (χ2v) is 5.95. The molecule has 0 saturated heterocycles. The maximum absolute atomic E-state index is 12.2. The molecule has 4 rings (SSSR count). The van der Waals surface area contributed by atoms with Gasteiger partial charge >= 0.3 is 0 Å². The highest BCUT2D eigenvalue weighted by Gasteiger charge is 2.31. The number of imidazole rings is 1. The van der Waals surface area contributed by atoms with Crippen LogP contribution >= 0.6 is 0 Å². The van der Waals surface area contributed by atoms with Gasteiger partial charge in [-0.15, -0.1) is 0 Å². The lowest BCUT2D eigenvalue weighted by Gasteiger charge is -2.23. The van der Waals surface area contributed by atoms with E-state index in [1.807, 2.05) is 34.9 Å². The molecular weight excluding hydrogens is 318 g/mol. The molecule has 1 aromatic heterocycles. The lowest BCUT2D eigenvalue weighted by atomic mass is 9.90. The van der Waals surface area contributed by atoms with Crippen LogP contribution in [0.25, 0.3) is 5.69 Å². The molecule has 6 heteroatoms. The van der Waals surface area contributed by atoms with Crippen molar-refractivity contribution in [3.8, 4) is 17.2 Å². The molecule has 126 valence electrons. The molecule has 2 heterocycles. The summed E-state index contributed by atoms with van der Waals surface area (Å²) in [7, 11) is 1.62. The van der Waals surface area contributed by atoms with Crippen molar-refractivity contribution in [1.29, 1.82) is 0 Å². The molecule has 1 aliphatic rings. The van der Waals surface area contributed by atoms with Crippen molar-refractivity contribution >= 4 is 11.7 Å². The number of rotatable bonds is 3. The third kappa shape index (κ3) is 2.71. The molecular formula is C19H17N3O3. The van der Waals surface area contributed by atoms with Crippen LogP contribution in [0.15, 0.2) is 54.9 Å². The highest BCUT2D eigenvalue weighted by molar-refractivity contribution is 5.94. The molecule has 1 atom stereocenters. The Morgan fingerprint density at radius 3 is 2.76 bits per heavy atom. The number of fused-ring (bicyclic) bond motifs is 1. The molecule has 0 aliphatic carbocycles. The summed E-state index contributed by atoms with van der Waals surface area (Å²) in [4.78, 5) is 16.8. The lowest BCUT2D eigenvalue weighted by molar-refractivity contribution is -0.116. The van der Waals surface area contributed by atoms with E-state index in [1.54, 1.807) is 31.6 Å². The fraction of sp³-hybridized carbons (Fsp3) is 0.158. The Morgan fingerprint density at radius 1 is 1.24 bits per heavy atom. The van der Waals surface area contributed by atoms with Gasteiger partial charge in [0.1, 0.15) is 23.6 Å². The van der Waals surface area contributed by atoms with Crippen molar-refractivity contribution in [2.75, 3.05) is 12.4 Å². The van der Waals surface area contributed by atoms with E-state index < -0.39 is 0 Å². The molecule has 2 aromatic carbocycles. The van der Waals surface area contributed by atoms with Gasteiger partial charge in [0.15, 0.2) is 0 Å². The first kappa shape index (κ1) is 15.3. The Kier molecular flexibility index (Phi) is 3.65. The van der Waals surface area contributed by atoms with E-state index in [9.17, 15) is 9.90 Å². The number of nitrogens with one attached hydrogen (secondary N) is 1. The van der Waals surface area contributed by atoms with E-state index in [4.69, 9.17) is 4.74 Å². The number of nitrogens with zero attached hydrogens (tertiary/aromatic N) is 2. The monoisotopic (exact) mass is 335 g/mol. The number of hydrogen-bond acceptors (Lipinski definition) is 4. The zero-order valence-corrected chi connectivity index (χ0v) is 13.6. The van der Waals surface area contributed by atoms with Gasteiger partial charge < -0.3 is 15.2 Å². The number of carbonyl (C=O) groups is 1. The number of aromatic nitrogens is 2. The lowest BCUT2D eigenvalue weighted by Crippen LogP contribution is -2.24. The topological polar surface area (TPSA) is 76.4 Å². The number of phenols is 1. The number of hydrogen-bond donors (Lipinski definition) is 2. The number of methoxy groups -OCH3 is 1. The molecule has 0 bridgehead atoms.